The molecule has 0 spiro atoms. The van der Waals surface area contributed by atoms with Gasteiger partial charge in [-0.05, 0) is 63.5 Å². The molecule has 0 aromatic heterocycles. The van der Waals surface area contributed by atoms with Crippen molar-refractivity contribution in [2.45, 2.75) is 30.6 Å². The minimum absolute atomic E-state index is 0.107. The molecule has 1 aromatic carbocycles. The summed E-state index contributed by atoms with van der Waals surface area (Å²) < 4.78 is 31.5. The standard InChI is InChI=1S/C18H30N4O4S/c1-19-27(24,25)15-4-5-16(21-11-12-26-2)17(13-15)22-18(23)6-3-14-7-9-20-10-8-14/h4-5,13-14,19-21H,3,6-12H2,1-2H3,(H,22,23). The summed E-state index contributed by atoms with van der Waals surface area (Å²) in [6.45, 7) is 3.06. The maximum Gasteiger partial charge on any atom is 0.240 e. The second kappa shape index (κ2) is 10.6. The van der Waals surface area contributed by atoms with Crippen LogP contribution in [0.1, 0.15) is 25.7 Å². The van der Waals surface area contributed by atoms with E-state index in [9.17, 15) is 13.2 Å². The molecule has 1 aliphatic rings. The highest BCUT2D eigenvalue weighted by Crippen LogP contribution is 2.26. The number of methoxy groups -OCH3 is 1. The molecule has 0 atom stereocenters. The van der Waals surface area contributed by atoms with Gasteiger partial charge in [-0.2, -0.15) is 0 Å². The fraction of sp³-hybridized carbons (Fsp3) is 0.611. The van der Waals surface area contributed by atoms with Gasteiger partial charge in [-0.1, -0.05) is 0 Å². The zero-order valence-electron chi connectivity index (χ0n) is 16.0. The van der Waals surface area contributed by atoms with Crippen molar-refractivity contribution < 1.29 is 17.9 Å². The Morgan fingerprint density at radius 1 is 1.26 bits per heavy atom. The third-order valence-corrected chi connectivity index (χ3v) is 6.12. The Morgan fingerprint density at radius 3 is 2.67 bits per heavy atom. The summed E-state index contributed by atoms with van der Waals surface area (Å²) in [6.07, 6.45) is 3.44. The smallest absolute Gasteiger partial charge is 0.240 e. The lowest BCUT2D eigenvalue weighted by molar-refractivity contribution is -0.116. The molecule has 9 heteroatoms. The monoisotopic (exact) mass is 398 g/mol. The molecule has 0 aliphatic carbocycles. The fourth-order valence-corrected chi connectivity index (χ4v) is 3.83. The minimum Gasteiger partial charge on any atom is -0.383 e. The highest BCUT2D eigenvalue weighted by molar-refractivity contribution is 7.89. The third-order valence-electron chi connectivity index (χ3n) is 4.70. The van der Waals surface area contributed by atoms with Crippen molar-refractivity contribution in [3.05, 3.63) is 18.2 Å². The topological polar surface area (TPSA) is 109 Å². The van der Waals surface area contributed by atoms with E-state index in [1.807, 2.05) is 0 Å². The number of benzene rings is 1. The van der Waals surface area contributed by atoms with Crippen LogP contribution in [-0.2, 0) is 19.6 Å². The Morgan fingerprint density at radius 2 is 2.00 bits per heavy atom. The van der Waals surface area contributed by atoms with Gasteiger partial charge in [0.25, 0.3) is 0 Å². The number of nitrogens with one attached hydrogen (secondary N) is 4. The lowest BCUT2D eigenvalue weighted by Crippen LogP contribution is -2.28. The van der Waals surface area contributed by atoms with E-state index in [4.69, 9.17) is 4.74 Å². The largest absolute Gasteiger partial charge is 0.383 e. The van der Waals surface area contributed by atoms with E-state index >= 15 is 0 Å². The van der Waals surface area contributed by atoms with Crippen LogP contribution in [0.25, 0.3) is 0 Å². The van der Waals surface area contributed by atoms with E-state index < -0.39 is 10.0 Å². The number of carbonyl (C=O) groups is 1. The number of hydrogen-bond acceptors (Lipinski definition) is 6. The number of sulfonamides is 1. The Kier molecular flexibility index (Phi) is 8.49. The van der Waals surface area contributed by atoms with E-state index in [-0.39, 0.29) is 10.8 Å². The molecule has 1 fully saturated rings. The highest BCUT2D eigenvalue weighted by Gasteiger charge is 2.17. The van der Waals surface area contributed by atoms with Crippen LogP contribution < -0.4 is 20.7 Å². The van der Waals surface area contributed by atoms with Crippen LogP contribution >= 0.6 is 0 Å². The van der Waals surface area contributed by atoms with Crippen molar-refractivity contribution >= 4 is 27.3 Å². The molecule has 1 aromatic rings. The van der Waals surface area contributed by atoms with Gasteiger partial charge in [-0.3, -0.25) is 4.79 Å². The third kappa shape index (κ3) is 6.76. The van der Waals surface area contributed by atoms with Crippen LogP contribution in [-0.4, -0.2) is 54.7 Å². The van der Waals surface area contributed by atoms with E-state index in [1.54, 1.807) is 13.2 Å². The average Bonchev–Trinajstić information content (AvgIpc) is 2.68. The summed E-state index contributed by atoms with van der Waals surface area (Å²) >= 11 is 0. The second-order valence-electron chi connectivity index (χ2n) is 6.61. The molecule has 2 rings (SSSR count). The summed E-state index contributed by atoms with van der Waals surface area (Å²) in [7, 11) is -0.625. The maximum absolute atomic E-state index is 12.4. The molecule has 0 unspecified atom stereocenters. The van der Waals surface area contributed by atoms with E-state index in [0.29, 0.717) is 36.9 Å². The van der Waals surface area contributed by atoms with Gasteiger partial charge in [0.15, 0.2) is 0 Å². The van der Waals surface area contributed by atoms with Crippen molar-refractivity contribution in [1.82, 2.24) is 10.0 Å². The molecule has 27 heavy (non-hydrogen) atoms. The lowest BCUT2D eigenvalue weighted by Gasteiger charge is -2.22. The molecular weight excluding hydrogens is 368 g/mol. The van der Waals surface area contributed by atoms with Crippen LogP contribution in [0.2, 0.25) is 0 Å². The summed E-state index contributed by atoms with van der Waals surface area (Å²) in [5.74, 6) is 0.453. The minimum atomic E-state index is -3.59. The van der Waals surface area contributed by atoms with Gasteiger partial charge >= 0.3 is 0 Å². The van der Waals surface area contributed by atoms with E-state index in [1.165, 1.54) is 19.2 Å². The Labute approximate surface area is 161 Å². The van der Waals surface area contributed by atoms with Crippen molar-refractivity contribution in [2.75, 3.05) is 51.0 Å². The number of piperidine rings is 1. The van der Waals surface area contributed by atoms with Crippen molar-refractivity contribution in [1.29, 1.82) is 0 Å². The molecule has 0 radical (unpaired) electrons. The molecule has 8 nitrogen and oxygen atoms in total. The SMILES string of the molecule is CNS(=O)(=O)c1ccc(NCCOC)c(NC(=O)CCC2CCNCC2)c1. The second-order valence-corrected chi connectivity index (χ2v) is 8.50. The molecule has 0 saturated carbocycles. The van der Waals surface area contributed by atoms with Gasteiger partial charge in [-0.25, -0.2) is 13.1 Å². The molecule has 1 amide bonds. The molecule has 1 saturated heterocycles. The summed E-state index contributed by atoms with van der Waals surface area (Å²) in [4.78, 5) is 12.5. The zero-order chi connectivity index (χ0) is 19.7. The quantitative estimate of drug-likeness (QED) is 0.443. The Hall–Kier alpha value is -1.68. The molecule has 152 valence electrons. The van der Waals surface area contributed by atoms with Gasteiger partial charge in [0.1, 0.15) is 0 Å². The van der Waals surface area contributed by atoms with Crippen molar-refractivity contribution in [3.8, 4) is 0 Å². The first kappa shape index (κ1) is 21.6. The first-order valence-corrected chi connectivity index (χ1v) is 10.8. The Balaban J connectivity index is 2.07. The van der Waals surface area contributed by atoms with Gasteiger partial charge < -0.3 is 20.7 Å². The zero-order valence-corrected chi connectivity index (χ0v) is 16.8. The summed E-state index contributed by atoms with van der Waals surface area (Å²) in [5.41, 5.74) is 1.12. The van der Waals surface area contributed by atoms with Gasteiger partial charge in [-0.15, -0.1) is 0 Å². The maximum atomic E-state index is 12.4. The van der Waals surface area contributed by atoms with E-state index in [2.05, 4.69) is 20.7 Å². The molecule has 1 heterocycles. The van der Waals surface area contributed by atoms with Crippen LogP contribution in [0, 0.1) is 5.92 Å². The Bertz CT molecular complexity index is 718. The number of carbonyl (C=O) groups excluding carboxylic acids is 1. The number of amides is 1. The molecule has 1 aliphatic heterocycles. The predicted octanol–water partition coefficient (Wildman–Crippen LogP) is 1.37. The number of anilines is 2. The molecular formula is C18H30N4O4S. The fourth-order valence-electron chi connectivity index (χ4n) is 3.07. The van der Waals surface area contributed by atoms with Crippen molar-refractivity contribution in [2.24, 2.45) is 5.92 Å². The number of rotatable bonds is 10. The van der Waals surface area contributed by atoms with E-state index in [0.717, 1.165) is 32.4 Å². The van der Waals surface area contributed by atoms with Crippen LogP contribution in [0.3, 0.4) is 0 Å². The first-order valence-electron chi connectivity index (χ1n) is 9.27. The predicted molar refractivity (Wildman–Crippen MR) is 107 cm³/mol. The number of hydrogen-bond donors (Lipinski definition) is 4. The van der Waals surface area contributed by atoms with Crippen LogP contribution in [0.5, 0.6) is 0 Å². The molecule has 0 bridgehead atoms. The summed E-state index contributed by atoms with van der Waals surface area (Å²) in [5, 5.41) is 9.34. The molecule has 4 N–H and O–H groups in total. The van der Waals surface area contributed by atoms with Crippen LogP contribution in [0.15, 0.2) is 23.1 Å². The highest BCUT2D eigenvalue weighted by atomic mass is 32.2. The lowest BCUT2D eigenvalue weighted by atomic mass is 9.93. The van der Waals surface area contributed by atoms with Gasteiger partial charge in [0, 0.05) is 20.1 Å². The first-order chi connectivity index (χ1) is 13.0. The van der Waals surface area contributed by atoms with Gasteiger partial charge in [0.05, 0.1) is 22.9 Å². The summed E-state index contributed by atoms with van der Waals surface area (Å²) in [6, 6.07) is 4.64. The average molecular weight is 399 g/mol. The number of ether oxygens (including phenoxy) is 1. The van der Waals surface area contributed by atoms with Crippen LogP contribution in [0.4, 0.5) is 11.4 Å². The van der Waals surface area contributed by atoms with Gasteiger partial charge in [0.2, 0.25) is 15.9 Å². The van der Waals surface area contributed by atoms with Crippen molar-refractivity contribution in [3.63, 3.8) is 0 Å². The normalized spacial score (nSPS) is 15.5.